The first-order valence-corrected chi connectivity index (χ1v) is 10.6. The third-order valence-electron chi connectivity index (χ3n) is 4.68. The lowest BCUT2D eigenvalue weighted by Crippen LogP contribution is -2.34. The summed E-state index contributed by atoms with van der Waals surface area (Å²) in [4.78, 5) is 24.0. The number of hydrogen-bond acceptors (Lipinski definition) is 4. The van der Waals surface area contributed by atoms with Gasteiger partial charge in [0.25, 0.3) is 5.91 Å². The van der Waals surface area contributed by atoms with Gasteiger partial charge in [0.1, 0.15) is 5.75 Å². The number of carbonyl (C=O) groups is 2. The minimum atomic E-state index is -0.327. The highest BCUT2D eigenvalue weighted by atomic mass is 32.1. The van der Waals surface area contributed by atoms with Gasteiger partial charge in [0.05, 0.1) is 13.0 Å². The first kappa shape index (κ1) is 23.0. The van der Waals surface area contributed by atoms with Gasteiger partial charge in [-0.15, -0.1) is 0 Å². The molecule has 0 spiro atoms. The molecule has 164 valence electrons. The number of thiocarbonyl (C=S) groups is 1. The van der Waals surface area contributed by atoms with Crippen LogP contribution in [-0.2, 0) is 17.6 Å². The Balaban J connectivity index is 1.50. The van der Waals surface area contributed by atoms with Gasteiger partial charge in [-0.25, -0.2) is 0 Å². The third-order valence-corrected chi connectivity index (χ3v) is 4.89. The summed E-state index contributed by atoms with van der Waals surface area (Å²) >= 11 is 5.25. The predicted molar refractivity (Wildman–Crippen MR) is 130 cm³/mol. The van der Waals surface area contributed by atoms with Gasteiger partial charge in [-0.1, -0.05) is 48.5 Å². The maximum absolute atomic E-state index is 12.6. The van der Waals surface area contributed by atoms with Crippen LogP contribution in [0.3, 0.4) is 0 Å². The molecule has 0 fully saturated rings. The van der Waals surface area contributed by atoms with Gasteiger partial charge in [-0.2, -0.15) is 0 Å². The van der Waals surface area contributed by atoms with Gasteiger partial charge in [-0.3, -0.25) is 14.9 Å². The average Bonchev–Trinajstić information content (AvgIpc) is 2.81. The Morgan fingerprint density at radius 1 is 0.906 bits per heavy atom. The lowest BCUT2D eigenvalue weighted by molar-refractivity contribution is -0.119. The molecule has 2 amide bonds. The standard InChI is InChI=1S/C25H25N3O3S/c1-26-23(29)16-19-10-12-21(13-11-19)27-25(32)28-24(30)20-8-5-9-22(17-20)31-15-14-18-6-3-2-4-7-18/h2-13,17H,14-16H2,1H3,(H,26,29)(H2,27,28,30,32). The van der Waals surface area contributed by atoms with Gasteiger partial charge in [0.2, 0.25) is 5.91 Å². The van der Waals surface area contributed by atoms with Crippen LogP contribution in [0.15, 0.2) is 78.9 Å². The Labute approximate surface area is 193 Å². The quantitative estimate of drug-likeness (QED) is 0.459. The Kier molecular flexibility index (Phi) is 8.34. The number of hydrogen-bond donors (Lipinski definition) is 3. The van der Waals surface area contributed by atoms with Crippen molar-refractivity contribution in [3.63, 3.8) is 0 Å². The second-order valence-corrected chi connectivity index (χ2v) is 7.48. The van der Waals surface area contributed by atoms with Crippen molar-refractivity contribution in [1.29, 1.82) is 0 Å². The van der Waals surface area contributed by atoms with Gasteiger partial charge in [0.15, 0.2) is 5.11 Å². The summed E-state index contributed by atoms with van der Waals surface area (Å²) in [5, 5.41) is 8.42. The van der Waals surface area contributed by atoms with E-state index in [-0.39, 0.29) is 16.9 Å². The van der Waals surface area contributed by atoms with Crippen LogP contribution in [0.5, 0.6) is 5.75 Å². The Bertz CT molecular complexity index is 1070. The van der Waals surface area contributed by atoms with Crippen LogP contribution in [-0.4, -0.2) is 30.6 Å². The van der Waals surface area contributed by atoms with E-state index in [0.29, 0.717) is 30.0 Å². The molecule has 0 radical (unpaired) electrons. The average molecular weight is 448 g/mol. The van der Waals surface area contributed by atoms with Crippen LogP contribution >= 0.6 is 12.2 Å². The molecule has 3 aromatic rings. The SMILES string of the molecule is CNC(=O)Cc1ccc(NC(=S)NC(=O)c2cccc(OCCc3ccccc3)c2)cc1. The van der Waals surface area contributed by atoms with Crippen LogP contribution in [0.4, 0.5) is 5.69 Å². The molecule has 0 atom stereocenters. The summed E-state index contributed by atoms with van der Waals surface area (Å²) in [5.41, 5.74) is 3.25. The van der Waals surface area contributed by atoms with E-state index in [1.165, 1.54) is 5.56 Å². The minimum Gasteiger partial charge on any atom is -0.493 e. The van der Waals surface area contributed by atoms with E-state index in [9.17, 15) is 9.59 Å². The van der Waals surface area contributed by atoms with Crippen molar-refractivity contribution in [3.05, 3.63) is 95.6 Å². The number of amides is 2. The molecule has 7 heteroatoms. The molecule has 3 rings (SSSR count). The monoisotopic (exact) mass is 447 g/mol. The number of ether oxygens (including phenoxy) is 1. The first-order chi connectivity index (χ1) is 15.5. The van der Waals surface area contributed by atoms with E-state index in [1.54, 1.807) is 37.4 Å². The fourth-order valence-corrected chi connectivity index (χ4v) is 3.19. The van der Waals surface area contributed by atoms with Gasteiger partial charge >= 0.3 is 0 Å². The molecular formula is C25H25N3O3S. The fourth-order valence-electron chi connectivity index (χ4n) is 2.98. The smallest absolute Gasteiger partial charge is 0.257 e. The second kappa shape index (κ2) is 11.6. The topological polar surface area (TPSA) is 79.5 Å². The summed E-state index contributed by atoms with van der Waals surface area (Å²) in [5.74, 6) is 0.242. The van der Waals surface area contributed by atoms with Gasteiger partial charge in [-0.05, 0) is 53.7 Å². The van der Waals surface area contributed by atoms with Crippen molar-refractivity contribution in [2.75, 3.05) is 19.0 Å². The molecule has 0 aliphatic rings. The molecule has 0 saturated carbocycles. The molecule has 6 nitrogen and oxygen atoms in total. The summed E-state index contributed by atoms with van der Waals surface area (Å²) in [6.07, 6.45) is 1.09. The highest BCUT2D eigenvalue weighted by Crippen LogP contribution is 2.15. The zero-order chi connectivity index (χ0) is 22.8. The molecule has 0 aliphatic heterocycles. The second-order valence-electron chi connectivity index (χ2n) is 7.07. The molecule has 0 aromatic heterocycles. The van der Waals surface area contributed by atoms with E-state index < -0.39 is 0 Å². The lowest BCUT2D eigenvalue weighted by Gasteiger charge is -2.11. The van der Waals surface area contributed by atoms with Crippen LogP contribution in [0.1, 0.15) is 21.5 Å². The maximum Gasteiger partial charge on any atom is 0.257 e. The fraction of sp³-hybridized carbons (Fsp3) is 0.160. The molecule has 0 bridgehead atoms. The Hall–Kier alpha value is -3.71. The normalized spacial score (nSPS) is 10.2. The summed E-state index contributed by atoms with van der Waals surface area (Å²) in [6, 6.07) is 24.3. The van der Waals surface area contributed by atoms with E-state index in [0.717, 1.165) is 12.0 Å². The molecule has 3 aromatic carbocycles. The van der Waals surface area contributed by atoms with Crippen LogP contribution < -0.4 is 20.7 Å². The van der Waals surface area contributed by atoms with E-state index in [1.807, 2.05) is 36.4 Å². The number of rotatable bonds is 8. The lowest BCUT2D eigenvalue weighted by atomic mass is 10.1. The van der Waals surface area contributed by atoms with Crippen molar-refractivity contribution < 1.29 is 14.3 Å². The molecule has 0 aliphatic carbocycles. The highest BCUT2D eigenvalue weighted by molar-refractivity contribution is 7.80. The zero-order valence-electron chi connectivity index (χ0n) is 17.8. The maximum atomic E-state index is 12.6. The highest BCUT2D eigenvalue weighted by Gasteiger charge is 2.10. The van der Waals surface area contributed by atoms with Crippen molar-refractivity contribution in [2.45, 2.75) is 12.8 Å². The number of benzene rings is 3. The van der Waals surface area contributed by atoms with Crippen LogP contribution in [0.2, 0.25) is 0 Å². The first-order valence-electron chi connectivity index (χ1n) is 10.2. The molecule has 0 heterocycles. The van der Waals surface area contributed by atoms with Crippen molar-refractivity contribution in [3.8, 4) is 5.75 Å². The minimum absolute atomic E-state index is 0.0558. The van der Waals surface area contributed by atoms with E-state index in [4.69, 9.17) is 17.0 Å². The number of anilines is 1. The van der Waals surface area contributed by atoms with Crippen molar-refractivity contribution in [2.24, 2.45) is 0 Å². The number of nitrogens with one attached hydrogen (secondary N) is 3. The molecule has 0 unspecified atom stereocenters. The molecule has 3 N–H and O–H groups in total. The number of carbonyl (C=O) groups excluding carboxylic acids is 2. The van der Waals surface area contributed by atoms with Crippen LogP contribution in [0.25, 0.3) is 0 Å². The molecular weight excluding hydrogens is 422 g/mol. The third kappa shape index (κ3) is 7.21. The molecule has 32 heavy (non-hydrogen) atoms. The molecule has 0 saturated heterocycles. The van der Waals surface area contributed by atoms with E-state index in [2.05, 4.69) is 28.1 Å². The predicted octanol–water partition coefficient (Wildman–Crippen LogP) is 3.72. The Morgan fingerprint density at radius 2 is 1.66 bits per heavy atom. The number of likely N-dealkylation sites (N-methyl/N-ethyl adjacent to an activating group) is 1. The van der Waals surface area contributed by atoms with Crippen LogP contribution in [0, 0.1) is 0 Å². The summed E-state index contributed by atoms with van der Waals surface area (Å²) in [6.45, 7) is 0.519. The van der Waals surface area contributed by atoms with Gasteiger partial charge < -0.3 is 15.4 Å². The van der Waals surface area contributed by atoms with E-state index >= 15 is 0 Å². The zero-order valence-corrected chi connectivity index (χ0v) is 18.6. The van der Waals surface area contributed by atoms with Crippen molar-refractivity contribution in [1.82, 2.24) is 10.6 Å². The van der Waals surface area contributed by atoms with Crippen molar-refractivity contribution >= 4 is 34.8 Å². The van der Waals surface area contributed by atoms with Gasteiger partial charge in [0, 0.05) is 24.7 Å². The summed E-state index contributed by atoms with van der Waals surface area (Å²) < 4.78 is 5.79. The summed E-state index contributed by atoms with van der Waals surface area (Å²) in [7, 11) is 1.60. The largest absolute Gasteiger partial charge is 0.493 e. The Morgan fingerprint density at radius 3 is 2.38 bits per heavy atom.